The number of nitrogens with one attached hydrogen (secondary N) is 1. The summed E-state index contributed by atoms with van der Waals surface area (Å²) in [6, 6.07) is 14.0. The third-order valence-electron chi connectivity index (χ3n) is 5.14. The highest BCUT2D eigenvalue weighted by Gasteiger charge is 2.14. The number of amides is 1. The van der Waals surface area contributed by atoms with Crippen molar-refractivity contribution in [3.8, 4) is 0 Å². The van der Waals surface area contributed by atoms with Gasteiger partial charge in [-0.1, -0.05) is 47.7 Å². The molecule has 0 spiro atoms. The summed E-state index contributed by atoms with van der Waals surface area (Å²) in [7, 11) is 1.71. The van der Waals surface area contributed by atoms with Gasteiger partial charge in [0.2, 0.25) is 5.91 Å². The molecule has 3 aromatic rings. The Bertz CT molecular complexity index is 1150. The van der Waals surface area contributed by atoms with Crippen LogP contribution in [0.25, 0.3) is 0 Å². The molecule has 2 aromatic carbocycles. The number of aryl methyl sites for hydroxylation is 4. The Morgan fingerprint density at radius 2 is 1.83 bits per heavy atom. The quantitative estimate of drug-likeness (QED) is 0.475. The Morgan fingerprint density at radius 1 is 1.07 bits per heavy atom. The third-order valence-corrected chi connectivity index (χ3v) is 6.17. The van der Waals surface area contributed by atoms with E-state index in [9.17, 15) is 9.59 Å². The van der Waals surface area contributed by atoms with Gasteiger partial charge in [-0.25, -0.2) is 4.98 Å². The number of benzene rings is 2. The lowest BCUT2D eigenvalue weighted by Crippen LogP contribution is -2.26. The molecule has 0 unspecified atom stereocenters. The first kappa shape index (κ1) is 21.8. The first-order valence-electron chi connectivity index (χ1n) is 9.86. The maximum absolute atomic E-state index is 12.9. The number of carbonyl (C=O) groups excluding carboxylic acids is 1. The Labute approximate surface area is 181 Å². The van der Waals surface area contributed by atoms with Crippen LogP contribution in [0.15, 0.2) is 52.4 Å². The Balaban J connectivity index is 1.71. The third kappa shape index (κ3) is 5.19. The van der Waals surface area contributed by atoms with Crippen LogP contribution in [0.2, 0.25) is 0 Å². The largest absolute Gasteiger partial charge is 0.325 e. The minimum atomic E-state index is -0.126. The van der Waals surface area contributed by atoms with Gasteiger partial charge in [0, 0.05) is 30.4 Å². The zero-order valence-corrected chi connectivity index (χ0v) is 18.9. The number of carbonyl (C=O) groups is 1. The summed E-state index contributed by atoms with van der Waals surface area (Å²) < 4.78 is 1.53. The van der Waals surface area contributed by atoms with Crippen LogP contribution in [0.3, 0.4) is 0 Å². The van der Waals surface area contributed by atoms with Crippen LogP contribution in [0.1, 0.15) is 33.5 Å². The smallest absolute Gasteiger partial charge is 0.257 e. The van der Waals surface area contributed by atoms with E-state index in [1.807, 2.05) is 64.1 Å². The van der Waals surface area contributed by atoms with Crippen LogP contribution in [-0.2, 0) is 18.3 Å². The van der Waals surface area contributed by atoms with Crippen LogP contribution in [0, 0.1) is 27.7 Å². The van der Waals surface area contributed by atoms with Gasteiger partial charge in [-0.3, -0.25) is 14.2 Å². The molecule has 0 radical (unpaired) electrons. The summed E-state index contributed by atoms with van der Waals surface area (Å²) in [5.41, 5.74) is 6.66. The number of rotatable bonds is 6. The average Bonchev–Trinajstić information content (AvgIpc) is 2.70. The molecule has 0 fully saturated rings. The highest BCUT2D eigenvalue weighted by atomic mass is 32.2. The maximum atomic E-state index is 12.9. The maximum Gasteiger partial charge on any atom is 0.257 e. The summed E-state index contributed by atoms with van der Waals surface area (Å²) in [6.07, 6.45) is 0.547. The fourth-order valence-corrected chi connectivity index (χ4v) is 4.05. The topological polar surface area (TPSA) is 64.0 Å². The minimum Gasteiger partial charge on any atom is -0.325 e. The van der Waals surface area contributed by atoms with E-state index >= 15 is 0 Å². The molecule has 6 heteroatoms. The second-order valence-electron chi connectivity index (χ2n) is 7.62. The van der Waals surface area contributed by atoms with Crippen LogP contribution < -0.4 is 10.9 Å². The molecule has 156 valence electrons. The van der Waals surface area contributed by atoms with Gasteiger partial charge in [-0.15, -0.1) is 0 Å². The SMILES string of the molecule is Cc1cccc(Cc2c(C)nc(SCC(=O)Nc3ccc(C)c(C)c3)n(C)c2=O)c1. The van der Waals surface area contributed by atoms with E-state index in [2.05, 4.69) is 16.4 Å². The minimum absolute atomic E-state index is 0.0685. The van der Waals surface area contributed by atoms with Crippen molar-refractivity contribution < 1.29 is 4.79 Å². The van der Waals surface area contributed by atoms with Gasteiger partial charge in [0.05, 0.1) is 5.75 Å². The van der Waals surface area contributed by atoms with Crippen molar-refractivity contribution in [3.63, 3.8) is 0 Å². The standard InChI is InChI=1S/C24H27N3O2S/c1-15-7-6-8-19(11-15)13-21-18(4)25-24(27(5)23(21)29)30-14-22(28)26-20-10-9-16(2)17(3)12-20/h6-12H,13-14H2,1-5H3,(H,26,28). The number of anilines is 1. The molecule has 0 saturated heterocycles. The van der Waals surface area contributed by atoms with Gasteiger partial charge in [-0.2, -0.15) is 0 Å². The molecule has 1 heterocycles. The predicted octanol–water partition coefficient (Wildman–Crippen LogP) is 4.34. The molecule has 0 bridgehead atoms. The summed E-state index contributed by atoms with van der Waals surface area (Å²) in [4.78, 5) is 29.9. The van der Waals surface area contributed by atoms with E-state index in [1.54, 1.807) is 7.05 Å². The summed E-state index contributed by atoms with van der Waals surface area (Å²) >= 11 is 1.27. The molecule has 0 aliphatic heterocycles. The highest BCUT2D eigenvalue weighted by molar-refractivity contribution is 7.99. The van der Waals surface area contributed by atoms with E-state index in [0.717, 1.165) is 22.4 Å². The van der Waals surface area contributed by atoms with Crippen molar-refractivity contribution in [2.75, 3.05) is 11.1 Å². The molecular weight excluding hydrogens is 394 g/mol. The Kier molecular flexibility index (Phi) is 6.77. The first-order chi connectivity index (χ1) is 14.2. The lowest BCUT2D eigenvalue weighted by Gasteiger charge is -2.12. The van der Waals surface area contributed by atoms with Gasteiger partial charge in [0.25, 0.3) is 5.56 Å². The molecule has 0 aliphatic carbocycles. The molecule has 1 N–H and O–H groups in total. The molecule has 0 saturated carbocycles. The van der Waals surface area contributed by atoms with Gasteiger partial charge >= 0.3 is 0 Å². The number of hydrogen-bond donors (Lipinski definition) is 1. The van der Waals surface area contributed by atoms with E-state index in [0.29, 0.717) is 22.8 Å². The fraction of sp³-hybridized carbons (Fsp3) is 0.292. The second kappa shape index (κ2) is 9.30. The van der Waals surface area contributed by atoms with Crippen molar-refractivity contribution in [2.45, 2.75) is 39.3 Å². The van der Waals surface area contributed by atoms with E-state index < -0.39 is 0 Å². The number of thioether (sulfide) groups is 1. The molecule has 1 amide bonds. The first-order valence-corrected chi connectivity index (χ1v) is 10.8. The van der Waals surface area contributed by atoms with Crippen LogP contribution in [-0.4, -0.2) is 21.2 Å². The van der Waals surface area contributed by atoms with Crippen molar-refractivity contribution >= 4 is 23.4 Å². The summed E-state index contributed by atoms with van der Waals surface area (Å²) in [6.45, 7) is 7.94. The lowest BCUT2D eigenvalue weighted by atomic mass is 10.0. The van der Waals surface area contributed by atoms with Crippen molar-refractivity contribution in [1.82, 2.24) is 9.55 Å². The predicted molar refractivity (Wildman–Crippen MR) is 123 cm³/mol. The molecule has 30 heavy (non-hydrogen) atoms. The fourth-order valence-electron chi connectivity index (χ4n) is 3.24. The van der Waals surface area contributed by atoms with Crippen molar-refractivity contribution in [2.24, 2.45) is 7.05 Å². The highest BCUT2D eigenvalue weighted by Crippen LogP contribution is 2.19. The monoisotopic (exact) mass is 421 g/mol. The van der Waals surface area contributed by atoms with Gasteiger partial charge < -0.3 is 5.32 Å². The van der Waals surface area contributed by atoms with Crippen LogP contribution >= 0.6 is 11.8 Å². The van der Waals surface area contributed by atoms with E-state index in [4.69, 9.17) is 0 Å². The van der Waals surface area contributed by atoms with Crippen LogP contribution in [0.4, 0.5) is 5.69 Å². The number of nitrogens with zero attached hydrogens (tertiary/aromatic N) is 2. The zero-order chi connectivity index (χ0) is 21.8. The zero-order valence-electron chi connectivity index (χ0n) is 18.1. The summed E-state index contributed by atoms with van der Waals surface area (Å²) in [5.74, 6) is 0.0585. The van der Waals surface area contributed by atoms with Gasteiger partial charge in [0.1, 0.15) is 0 Å². The Morgan fingerprint density at radius 3 is 2.53 bits per heavy atom. The molecule has 1 aromatic heterocycles. The Hall–Kier alpha value is -2.86. The number of hydrogen-bond acceptors (Lipinski definition) is 4. The van der Waals surface area contributed by atoms with E-state index in [1.165, 1.54) is 21.9 Å². The molecular formula is C24H27N3O2S. The van der Waals surface area contributed by atoms with Crippen LogP contribution in [0.5, 0.6) is 0 Å². The average molecular weight is 422 g/mol. The van der Waals surface area contributed by atoms with Gasteiger partial charge in [-0.05, 0) is 56.5 Å². The van der Waals surface area contributed by atoms with Crippen molar-refractivity contribution in [3.05, 3.63) is 86.3 Å². The van der Waals surface area contributed by atoms with Crippen molar-refractivity contribution in [1.29, 1.82) is 0 Å². The summed E-state index contributed by atoms with van der Waals surface area (Å²) in [5, 5.41) is 3.45. The lowest BCUT2D eigenvalue weighted by molar-refractivity contribution is -0.113. The molecule has 3 rings (SSSR count). The second-order valence-corrected chi connectivity index (χ2v) is 8.57. The number of aromatic nitrogens is 2. The normalized spacial score (nSPS) is 10.8. The molecule has 0 atom stereocenters. The van der Waals surface area contributed by atoms with Gasteiger partial charge in [0.15, 0.2) is 5.16 Å². The molecule has 5 nitrogen and oxygen atoms in total. The molecule has 0 aliphatic rings. The van der Waals surface area contributed by atoms with E-state index in [-0.39, 0.29) is 17.2 Å².